The molecule has 1 aliphatic carbocycles. The SMILES string of the molecule is O=C(O)CCCC=CC[C@@H]1[C@H](C=C[C@@H](O)COc2cccc(C(F)(F)F)c2)[C@H](O)C[C@@H]1O. The number of rotatable bonds is 11. The number of alkyl halides is 3. The van der Waals surface area contributed by atoms with E-state index in [0.29, 0.717) is 19.3 Å². The zero-order chi connectivity index (χ0) is 23.7. The number of allylic oxidation sites excluding steroid dienone is 2. The lowest BCUT2D eigenvalue weighted by atomic mass is 9.89. The predicted octanol–water partition coefficient (Wildman–Crippen LogP) is 3.56. The number of aliphatic hydroxyl groups excluding tert-OH is 3. The van der Waals surface area contributed by atoms with Gasteiger partial charge in [-0.2, -0.15) is 13.2 Å². The second kappa shape index (κ2) is 12.0. The van der Waals surface area contributed by atoms with Crippen molar-refractivity contribution in [2.75, 3.05) is 6.61 Å². The molecule has 0 spiro atoms. The van der Waals surface area contributed by atoms with Gasteiger partial charge in [-0.25, -0.2) is 0 Å². The molecule has 0 aromatic heterocycles. The summed E-state index contributed by atoms with van der Waals surface area (Å²) >= 11 is 0. The standard InChI is InChI=1S/C23H29F3O6/c24-23(25,26)15-6-5-7-17(12-15)32-14-16(27)10-11-19-18(20(28)13-21(19)29)8-3-1-2-4-9-22(30)31/h1,3,5-7,10-12,16,18-21,27-29H,2,4,8-9,13-14H2,(H,30,31)/t16-,18-,19+,20+,21-/m1/s1. The molecule has 1 aliphatic rings. The molecule has 1 saturated carbocycles. The Morgan fingerprint density at radius 2 is 1.97 bits per heavy atom. The lowest BCUT2D eigenvalue weighted by Crippen LogP contribution is -2.21. The van der Waals surface area contributed by atoms with Gasteiger partial charge in [-0.15, -0.1) is 0 Å². The molecule has 6 nitrogen and oxygen atoms in total. The van der Waals surface area contributed by atoms with Crippen LogP contribution in [-0.4, -0.2) is 51.3 Å². The third-order valence-electron chi connectivity index (χ3n) is 5.39. The summed E-state index contributed by atoms with van der Waals surface area (Å²) in [6.45, 7) is -0.267. The quantitative estimate of drug-likeness (QED) is 0.298. The first-order chi connectivity index (χ1) is 15.1. The van der Waals surface area contributed by atoms with Gasteiger partial charge < -0.3 is 25.2 Å². The Morgan fingerprint density at radius 3 is 2.66 bits per heavy atom. The number of halogens is 3. The molecule has 0 aliphatic heterocycles. The van der Waals surface area contributed by atoms with Crippen LogP contribution in [0.1, 0.15) is 37.7 Å². The van der Waals surface area contributed by atoms with Gasteiger partial charge in [-0.3, -0.25) is 4.79 Å². The maximum Gasteiger partial charge on any atom is 0.416 e. The van der Waals surface area contributed by atoms with Crippen molar-refractivity contribution in [3.63, 3.8) is 0 Å². The molecule has 1 fully saturated rings. The summed E-state index contributed by atoms with van der Waals surface area (Å²) in [6.07, 6.45) is 1.48. The van der Waals surface area contributed by atoms with Gasteiger partial charge >= 0.3 is 12.1 Å². The summed E-state index contributed by atoms with van der Waals surface area (Å²) in [5.74, 6) is -1.55. The minimum absolute atomic E-state index is 0.0190. The Morgan fingerprint density at radius 1 is 1.22 bits per heavy atom. The zero-order valence-corrected chi connectivity index (χ0v) is 17.5. The Hall–Kier alpha value is -2.36. The summed E-state index contributed by atoms with van der Waals surface area (Å²) in [7, 11) is 0. The van der Waals surface area contributed by atoms with Crippen molar-refractivity contribution in [1.29, 1.82) is 0 Å². The van der Waals surface area contributed by atoms with E-state index in [1.165, 1.54) is 18.2 Å². The smallest absolute Gasteiger partial charge is 0.416 e. The van der Waals surface area contributed by atoms with Crippen molar-refractivity contribution < 1.29 is 43.1 Å². The summed E-state index contributed by atoms with van der Waals surface area (Å²) in [4.78, 5) is 10.5. The molecule has 0 unspecified atom stereocenters. The highest BCUT2D eigenvalue weighted by atomic mass is 19.4. The van der Waals surface area contributed by atoms with Crippen molar-refractivity contribution >= 4 is 5.97 Å². The topological polar surface area (TPSA) is 107 Å². The number of unbranched alkanes of at least 4 members (excludes halogenated alkanes) is 1. The van der Waals surface area contributed by atoms with Crippen LogP contribution in [0.25, 0.3) is 0 Å². The fourth-order valence-electron chi connectivity index (χ4n) is 3.70. The fourth-order valence-corrected chi connectivity index (χ4v) is 3.70. The molecule has 4 N–H and O–H groups in total. The van der Waals surface area contributed by atoms with Gasteiger partial charge in [0.05, 0.1) is 17.8 Å². The molecule has 2 rings (SSSR count). The van der Waals surface area contributed by atoms with Crippen molar-refractivity contribution in [2.24, 2.45) is 11.8 Å². The van der Waals surface area contributed by atoms with Crippen LogP contribution < -0.4 is 4.74 Å². The first-order valence-corrected chi connectivity index (χ1v) is 10.5. The van der Waals surface area contributed by atoms with Crippen LogP contribution in [0, 0.1) is 11.8 Å². The molecule has 0 saturated heterocycles. The highest BCUT2D eigenvalue weighted by Crippen LogP contribution is 2.36. The number of ether oxygens (including phenoxy) is 1. The second-order valence-electron chi connectivity index (χ2n) is 7.89. The molecule has 0 amide bonds. The molecule has 1 aromatic carbocycles. The molecular formula is C23H29F3O6. The Labute approximate surface area is 184 Å². The van der Waals surface area contributed by atoms with Crippen LogP contribution in [0.4, 0.5) is 13.2 Å². The first-order valence-electron chi connectivity index (χ1n) is 10.5. The monoisotopic (exact) mass is 458 g/mol. The third-order valence-corrected chi connectivity index (χ3v) is 5.39. The number of carbonyl (C=O) groups is 1. The Balaban J connectivity index is 1.87. The molecular weight excluding hydrogens is 429 g/mol. The molecule has 0 bridgehead atoms. The van der Waals surface area contributed by atoms with Crippen LogP contribution in [0.15, 0.2) is 48.6 Å². The van der Waals surface area contributed by atoms with E-state index in [0.717, 1.165) is 12.1 Å². The number of hydrogen-bond donors (Lipinski definition) is 4. The molecule has 0 heterocycles. The zero-order valence-electron chi connectivity index (χ0n) is 17.5. The molecule has 1 aromatic rings. The van der Waals surface area contributed by atoms with Crippen LogP contribution in [0.2, 0.25) is 0 Å². The maximum atomic E-state index is 12.8. The summed E-state index contributed by atoms with van der Waals surface area (Å²) in [5.41, 5.74) is -0.845. The van der Waals surface area contributed by atoms with E-state index >= 15 is 0 Å². The van der Waals surface area contributed by atoms with Gasteiger partial charge in [0.2, 0.25) is 0 Å². The third kappa shape index (κ3) is 8.29. The van der Waals surface area contributed by atoms with Crippen molar-refractivity contribution in [3.05, 3.63) is 54.1 Å². The lowest BCUT2D eigenvalue weighted by molar-refractivity contribution is -0.138. The normalized spacial score (nSPS) is 24.9. The van der Waals surface area contributed by atoms with Crippen molar-refractivity contribution in [2.45, 2.75) is 56.6 Å². The minimum Gasteiger partial charge on any atom is -0.491 e. The average molecular weight is 458 g/mol. The number of benzene rings is 1. The van der Waals surface area contributed by atoms with Gasteiger partial charge in [-0.05, 0) is 43.4 Å². The number of hydrogen-bond acceptors (Lipinski definition) is 5. The summed E-state index contributed by atoms with van der Waals surface area (Å²) in [6, 6.07) is 4.36. The van der Waals surface area contributed by atoms with Gasteiger partial charge in [0, 0.05) is 18.8 Å². The Kier molecular flexibility index (Phi) is 9.74. The van der Waals surface area contributed by atoms with Crippen molar-refractivity contribution in [3.8, 4) is 5.75 Å². The van der Waals surface area contributed by atoms with E-state index in [-0.39, 0.29) is 31.1 Å². The Bertz CT molecular complexity index is 792. The highest BCUT2D eigenvalue weighted by Gasteiger charge is 2.39. The number of carboxylic acid groups (broad SMARTS) is 1. The average Bonchev–Trinajstić information content (AvgIpc) is 2.99. The second-order valence-corrected chi connectivity index (χ2v) is 7.89. The molecule has 9 heteroatoms. The number of aliphatic hydroxyl groups is 3. The lowest BCUT2D eigenvalue weighted by Gasteiger charge is -2.19. The van der Waals surface area contributed by atoms with E-state index in [1.807, 2.05) is 12.2 Å². The van der Waals surface area contributed by atoms with E-state index < -0.39 is 41.9 Å². The maximum absolute atomic E-state index is 12.8. The predicted molar refractivity (Wildman–Crippen MR) is 111 cm³/mol. The van der Waals surface area contributed by atoms with Crippen molar-refractivity contribution in [1.82, 2.24) is 0 Å². The summed E-state index contributed by atoms with van der Waals surface area (Å²) in [5, 5.41) is 39.2. The van der Waals surface area contributed by atoms with Gasteiger partial charge in [-0.1, -0.05) is 30.4 Å². The summed E-state index contributed by atoms with van der Waals surface area (Å²) < 4.78 is 43.5. The minimum atomic E-state index is -4.49. The fraction of sp³-hybridized carbons (Fsp3) is 0.522. The van der Waals surface area contributed by atoms with E-state index in [9.17, 15) is 33.3 Å². The van der Waals surface area contributed by atoms with Crippen LogP contribution in [0.3, 0.4) is 0 Å². The molecule has 178 valence electrons. The highest BCUT2D eigenvalue weighted by molar-refractivity contribution is 5.66. The molecule has 5 atom stereocenters. The molecule has 0 radical (unpaired) electrons. The molecule has 32 heavy (non-hydrogen) atoms. The van der Waals surface area contributed by atoms with Gasteiger partial charge in [0.15, 0.2) is 0 Å². The number of carboxylic acids is 1. The van der Waals surface area contributed by atoms with E-state index in [1.54, 1.807) is 6.08 Å². The van der Waals surface area contributed by atoms with Gasteiger partial charge in [0.1, 0.15) is 18.5 Å². The number of aliphatic carboxylic acids is 1. The van der Waals surface area contributed by atoms with Gasteiger partial charge in [0.25, 0.3) is 0 Å². The largest absolute Gasteiger partial charge is 0.491 e. The van der Waals surface area contributed by atoms with Crippen LogP contribution in [0.5, 0.6) is 5.75 Å². The van der Waals surface area contributed by atoms with Crippen LogP contribution >= 0.6 is 0 Å². The van der Waals surface area contributed by atoms with E-state index in [2.05, 4.69) is 0 Å². The first kappa shape index (κ1) is 25.9. The van der Waals surface area contributed by atoms with Crippen LogP contribution in [-0.2, 0) is 11.0 Å². The van der Waals surface area contributed by atoms with E-state index in [4.69, 9.17) is 9.84 Å².